The van der Waals surface area contributed by atoms with Crippen LogP contribution in [0.15, 0.2) is 72.8 Å². The van der Waals surface area contributed by atoms with E-state index in [0.29, 0.717) is 19.4 Å². The van der Waals surface area contributed by atoms with Gasteiger partial charge in [-0.1, -0.05) is 60.7 Å². The molecule has 0 unspecified atom stereocenters. The summed E-state index contributed by atoms with van der Waals surface area (Å²) in [4.78, 5) is 22.3. The number of pyridine rings is 1. The number of aromatic nitrogens is 1. The van der Waals surface area contributed by atoms with Crippen molar-refractivity contribution in [2.75, 3.05) is 37.7 Å². The number of carbonyl (C=O) groups is 1. The van der Waals surface area contributed by atoms with Crippen LogP contribution in [0.4, 0.5) is 10.6 Å². The predicted octanol–water partition coefficient (Wildman–Crippen LogP) is 5.55. The average molecular weight is 516 g/mol. The molecular weight excluding hydrogens is 478 g/mol. The van der Waals surface area contributed by atoms with Gasteiger partial charge in [-0.2, -0.15) is 0 Å². The molecule has 2 aliphatic rings. The lowest BCUT2D eigenvalue weighted by Crippen LogP contribution is -2.51. The summed E-state index contributed by atoms with van der Waals surface area (Å²) in [6, 6.07) is 24.0. The van der Waals surface area contributed by atoms with Crippen LogP contribution in [0.25, 0.3) is 11.3 Å². The Morgan fingerprint density at radius 3 is 2.34 bits per heavy atom. The number of benzene rings is 2. The van der Waals surface area contributed by atoms with Gasteiger partial charge in [0.05, 0.1) is 30.6 Å². The number of morpholine rings is 1. The first-order valence-electron chi connectivity index (χ1n) is 13.4. The normalized spacial score (nSPS) is 21.2. The number of cyclic esters (lactones) is 1. The Kier molecular flexibility index (Phi) is 7.41. The van der Waals surface area contributed by atoms with Gasteiger partial charge in [0.1, 0.15) is 11.4 Å². The molecule has 2 aromatic carbocycles. The van der Waals surface area contributed by atoms with Gasteiger partial charge < -0.3 is 24.4 Å². The molecule has 0 saturated carbocycles. The number of rotatable bonds is 7. The summed E-state index contributed by atoms with van der Waals surface area (Å²) in [6.45, 7) is 9.22. The van der Waals surface area contributed by atoms with Crippen LogP contribution in [-0.2, 0) is 15.1 Å². The Bertz CT molecular complexity index is 1240. The van der Waals surface area contributed by atoms with Gasteiger partial charge in [-0.15, -0.1) is 0 Å². The SMILES string of the molecule is C[C@@H](c1ccc(-c2cccc(N3CCOCC3)n2)cc1)N1CC[C@](CC(C)(C)O)(c2ccccc2)OC1=O. The van der Waals surface area contributed by atoms with Gasteiger partial charge in [0, 0.05) is 38.0 Å². The van der Waals surface area contributed by atoms with Crippen molar-refractivity contribution in [3.8, 4) is 11.3 Å². The van der Waals surface area contributed by atoms with E-state index in [0.717, 1.165) is 54.5 Å². The second-order valence-electron chi connectivity index (χ2n) is 10.9. The van der Waals surface area contributed by atoms with Crippen molar-refractivity contribution in [1.29, 1.82) is 0 Å². The fourth-order valence-corrected chi connectivity index (χ4v) is 5.56. The molecule has 0 spiro atoms. The number of carbonyl (C=O) groups excluding carboxylic acids is 1. The molecule has 1 N–H and O–H groups in total. The van der Waals surface area contributed by atoms with Gasteiger partial charge in [-0.05, 0) is 44.0 Å². The lowest BCUT2D eigenvalue weighted by atomic mass is 9.80. The summed E-state index contributed by atoms with van der Waals surface area (Å²) in [5, 5.41) is 10.6. The minimum Gasteiger partial charge on any atom is -0.438 e. The minimum absolute atomic E-state index is 0.153. The Labute approximate surface area is 225 Å². The van der Waals surface area contributed by atoms with E-state index in [2.05, 4.69) is 29.2 Å². The Hall–Kier alpha value is -3.42. The quantitative estimate of drug-likeness (QED) is 0.445. The van der Waals surface area contributed by atoms with E-state index in [4.69, 9.17) is 14.5 Å². The highest BCUT2D eigenvalue weighted by Gasteiger charge is 2.46. The molecule has 1 aromatic heterocycles. The van der Waals surface area contributed by atoms with Gasteiger partial charge in [0.2, 0.25) is 0 Å². The van der Waals surface area contributed by atoms with Crippen LogP contribution in [0.5, 0.6) is 0 Å². The standard InChI is InChI=1S/C31H37N3O4/c1-23(34-17-16-31(38-29(34)35,22-30(2,3)36)26-8-5-4-6-9-26)24-12-14-25(15-13-24)27-10-7-11-28(32-27)33-18-20-37-21-19-33/h4-15,23,36H,16-22H2,1-3H3/t23-,31-/m0/s1. The van der Waals surface area contributed by atoms with Crippen LogP contribution >= 0.6 is 0 Å². The first-order valence-corrected chi connectivity index (χ1v) is 13.4. The lowest BCUT2D eigenvalue weighted by Gasteiger charge is -2.45. The fourth-order valence-electron chi connectivity index (χ4n) is 5.56. The number of anilines is 1. The summed E-state index contributed by atoms with van der Waals surface area (Å²) in [6.07, 6.45) is 0.581. The van der Waals surface area contributed by atoms with E-state index in [1.165, 1.54) is 0 Å². The van der Waals surface area contributed by atoms with Crippen LogP contribution in [0.2, 0.25) is 0 Å². The zero-order chi connectivity index (χ0) is 26.8. The maximum atomic E-state index is 13.4. The van der Waals surface area contributed by atoms with E-state index in [1.807, 2.05) is 55.5 Å². The van der Waals surface area contributed by atoms with Crippen LogP contribution in [0, 0.1) is 0 Å². The number of amides is 1. The lowest BCUT2D eigenvalue weighted by molar-refractivity contribution is -0.101. The average Bonchev–Trinajstić information content (AvgIpc) is 2.93. The smallest absolute Gasteiger partial charge is 0.411 e. The van der Waals surface area contributed by atoms with Gasteiger partial charge in [0.15, 0.2) is 0 Å². The molecule has 0 bridgehead atoms. The molecule has 0 radical (unpaired) electrons. The Morgan fingerprint density at radius 2 is 1.68 bits per heavy atom. The van der Waals surface area contributed by atoms with Crippen LogP contribution < -0.4 is 4.90 Å². The summed E-state index contributed by atoms with van der Waals surface area (Å²) in [5.74, 6) is 0.965. The van der Waals surface area contributed by atoms with Crippen molar-refractivity contribution in [3.05, 3.63) is 83.9 Å². The van der Waals surface area contributed by atoms with Crippen LogP contribution in [0.3, 0.4) is 0 Å². The highest BCUT2D eigenvalue weighted by atomic mass is 16.6. The van der Waals surface area contributed by atoms with E-state index >= 15 is 0 Å². The minimum atomic E-state index is -0.979. The number of ether oxygens (including phenoxy) is 2. The summed E-state index contributed by atoms with van der Waals surface area (Å²) < 4.78 is 11.6. The second kappa shape index (κ2) is 10.8. The Morgan fingerprint density at radius 1 is 0.974 bits per heavy atom. The molecule has 1 amide bonds. The van der Waals surface area contributed by atoms with E-state index < -0.39 is 11.2 Å². The molecule has 7 heteroatoms. The zero-order valence-corrected chi connectivity index (χ0v) is 22.5. The summed E-state index contributed by atoms with van der Waals surface area (Å²) in [5.41, 5.74) is 2.07. The third-order valence-electron chi connectivity index (χ3n) is 7.52. The monoisotopic (exact) mass is 515 g/mol. The molecular formula is C31H37N3O4. The van der Waals surface area contributed by atoms with Crippen molar-refractivity contribution in [1.82, 2.24) is 9.88 Å². The number of hydrogen-bond acceptors (Lipinski definition) is 6. The molecule has 3 aromatic rings. The molecule has 0 aliphatic carbocycles. The molecule has 2 aliphatic heterocycles. The molecule has 2 fully saturated rings. The Balaban J connectivity index is 1.31. The first-order chi connectivity index (χ1) is 18.2. The maximum absolute atomic E-state index is 13.4. The molecule has 2 atom stereocenters. The molecule has 3 heterocycles. The third kappa shape index (κ3) is 5.69. The summed E-state index contributed by atoms with van der Waals surface area (Å²) in [7, 11) is 0. The molecule has 200 valence electrons. The molecule has 5 rings (SSSR count). The first kappa shape index (κ1) is 26.2. The number of hydrogen-bond donors (Lipinski definition) is 1. The number of nitrogens with zero attached hydrogens (tertiary/aromatic N) is 3. The molecule has 7 nitrogen and oxygen atoms in total. The van der Waals surface area contributed by atoms with Gasteiger partial charge >= 0.3 is 6.09 Å². The van der Waals surface area contributed by atoms with E-state index in [9.17, 15) is 9.90 Å². The highest BCUT2D eigenvalue weighted by molar-refractivity contribution is 5.70. The number of aliphatic hydroxyl groups is 1. The maximum Gasteiger partial charge on any atom is 0.411 e. The topological polar surface area (TPSA) is 75.1 Å². The largest absolute Gasteiger partial charge is 0.438 e. The third-order valence-corrected chi connectivity index (χ3v) is 7.52. The molecule has 2 saturated heterocycles. The van der Waals surface area contributed by atoms with E-state index in [-0.39, 0.29) is 12.1 Å². The molecule has 38 heavy (non-hydrogen) atoms. The fraction of sp³-hybridized carbons (Fsp3) is 0.419. The van der Waals surface area contributed by atoms with Crippen molar-refractivity contribution in [2.24, 2.45) is 0 Å². The van der Waals surface area contributed by atoms with Gasteiger partial charge in [0.25, 0.3) is 0 Å². The van der Waals surface area contributed by atoms with Gasteiger partial charge in [-0.25, -0.2) is 9.78 Å². The second-order valence-corrected chi connectivity index (χ2v) is 10.9. The van der Waals surface area contributed by atoms with Crippen LogP contribution in [-0.4, -0.2) is 59.5 Å². The highest BCUT2D eigenvalue weighted by Crippen LogP contribution is 2.42. The predicted molar refractivity (Wildman–Crippen MR) is 148 cm³/mol. The van der Waals surface area contributed by atoms with Crippen molar-refractivity contribution < 1.29 is 19.4 Å². The van der Waals surface area contributed by atoms with Crippen molar-refractivity contribution in [3.63, 3.8) is 0 Å². The van der Waals surface area contributed by atoms with Crippen molar-refractivity contribution >= 4 is 11.9 Å². The zero-order valence-electron chi connectivity index (χ0n) is 22.5. The van der Waals surface area contributed by atoms with Crippen LogP contribution in [0.1, 0.15) is 50.8 Å². The van der Waals surface area contributed by atoms with E-state index in [1.54, 1.807) is 18.7 Å². The van der Waals surface area contributed by atoms with Crippen molar-refractivity contribution in [2.45, 2.75) is 50.9 Å². The summed E-state index contributed by atoms with van der Waals surface area (Å²) >= 11 is 0. The van der Waals surface area contributed by atoms with Gasteiger partial charge in [-0.3, -0.25) is 0 Å².